The molecule has 0 radical (unpaired) electrons. The number of primary amides is 1. The van der Waals surface area contributed by atoms with E-state index in [9.17, 15) is 4.79 Å². The molecule has 0 saturated carbocycles. The molecule has 0 aromatic carbocycles. The minimum atomic E-state index is -0.254. The van der Waals surface area contributed by atoms with Gasteiger partial charge in [0, 0.05) is 6.54 Å². The zero-order valence-corrected chi connectivity index (χ0v) is 6.84. The Balaban J connectivity index is 2.46. The lowest BCUT2D eigenvalue weighted by atomic mass is 10.1. The van der Waals surface area contributed by atoms with Crippen molar-refractivity contribution in [3.8, 4) is 0 Å². The molecule has 1 aliphatic heterocycles. The van der Waals surface area contributed by atoms with Gasteiger partial charge in [0.05, 0.1) is 6.54 Å². The highest BCUT2D eigenvalue weighted by Crippen LogP contribution is 2.12. The first-order valence-electron chi connectivity index (χ1n) is 3.88. The number of hydrogen-bond acceptors (Lipinski definition) is 2. The Morgan fingerprint density at radius 2 is 2.55 bits per heavy atom. The lowest BCUT2D eigenvalue weighted by molar-refractivity contribution is -0.118. The van der Waals surface area contributed by atoms with E-state index in [1.165, 1.54) is 5.57 Å². The molecule has 3 heteroatoms. The minimum Gasteiger partial charge on any atom is -0.368 e. The monoisotopic (exact) mass is 154 g/mol. The van der Waals surface area contributed by atoms with Gasteiger partial charge in [0.25, 0.3) is 0 Å². The number of carbonyl (C=O) groups excluding carboxylic acids is 1. The zero-order valence-electron chi connectivity index (χ0n) is 6.84. The third-order valence-electron chi connectivity index (χ3n) is 1.78. The van der Waals surface area contributed by atoms with Gasteiger partial charge >= 0.3 is 0 Å². The van der Waals surface area contributed by atoms with Crippen LogP contribution in [0.2, 0.25) is 0 Å². The summed E-state index contributed by atoms with van der Waals surface area (Å²) in [6, 6.07) is 0. The van der Waals surface area contributed by atoms with Crippen LogP contribution in [0.25, 0.3) is 0 Å². The molecule has 2 N–H and O–H groups in total. The molecule has 0 bridgehead atoms. The van der Waals surface area contributed by atoms with Gasteiger partial charge in [-0.2, -0.15) is 0 Å². The van der Waals surface area contributed by atoms with Gasteiger partial charge in [0.2, 0.25) is 5.91 Å². The minimum absolute atomic E-state index is 0.254. The molecule has 1 aliphatic rings. The highest BCUT2D eigenvalue weighted by Gasteiger charge is 2.08. The lowest BCUT2D eigenvalue weighted by Crippen LogP contribution is -2.32. The topological polar surface area (TPSA) is 46.3 Å². The van der Waals surface area contributed by atoms with E-state index >= 15 is 0 Å². The van der Waals surface area contributed by atoms with Gasteiger partial charge in [-0.3, -0.25) is 4.79 Å². The van der Waals surface area contributed by atoms with Crippen LogP contribution in [-0.2, 0) is 4.79 Å². The van der Waals surface area contributed by atoms with Crippen LogP contribution in [0.5, 0.6) is 0 Å². The smallest absolute Gasteiger partial charge is 0.236 e. The van der Waals surface area contributed by atoms with Crippen LogP contribution < -0.4 is 5.73 Å². The van der Waals surface area contributed by atoms with Crippen molar-refractivity contribution in [3.05, 3.63) is 11.8 Å². The van der Waals surface area contributed by atoms with E-state index in [0.29, 0.717) is 6.54 Å². The van der Waals surface area contributed by atoms with Crippen LogP contribution in [0.15, 0.2) is 11.8 Å². The SMILES string of the molecule is CC1=CN(CC(N)=O)CCC1. The molecule has 0 atom stereocenters. The average Bonchev–Trinajstić information content (AvgIpc) is 1.85. The molecule has 0 fully saturated rings. The normalized spacial score (nSPS) is 17.9. The van der Waals surface area contributed by atoms with Crippen LogP contribution in [0.4, 0.5) is 0 Å². The fraction of sp³-hybridized carbons (Fsp3) is 0.625. The van der Waals surface area contributed by atoms with Crippen LogP contribution in [0.3, 0.4) is 0 Å². The maximum Gasteiger partial charge on any atom is 0.236 e. The van der Waals surface area contributed by atoms with Gasteiger partial charge in [-0.25, -0.2) is 0 Å². The Hall–Kier alpha value is -0.990. The summed E-state index contributed by atoms with van der Waals surface area (Å²) in [6.07, 6.45) is 4.30. The van der Waals surface area contributed by atoms with Gasteiger partial charge in [-0.1, -0.05) is 5.57 Å². The molecular weight excluding hydrogens is 140 g/mol. The van der Waals surface area contributed by atoms with Gasteiger partial charge in [0.1, 0.15) is 0 Å². The van der Waals surface area contributed by atoms with Crippen molar-refractivity contribution < 1.29 is 4.79 Å². The second kappa shape index (κ2) is 3.42. The number of hydrogen-bond donors (Lipinski definition) is 1. The van der Waals surface area contributed by atoms with Crippen molar-refractivity contribution in [2.45, 2.75) is 19.8 Å². The molecule has 0 aliphatic carbocycles. The second-order valence-electron chi connectivity index (χ2n) is 3.02. The predicted octanol–water partition coefficient (Wildman–Crippen LogP) is 0.471. The first-order chi connectivity index (χ1) is 5.18. The summed E-state index contributed by atoms with van der Waals surface area (Å²) in [6.45, 7) is 3.39. The van der Waals surface area contributed by atoms with E-state index in [0.717, 1.165) is 19.4 Å². The molecule has 62 valence electrons. The first-order valence-corrected chi connectivity index (χ1v) is 3.88. The summed E-state index contributed by atoms with van der Waals surface area (Å²) >= 11 is 0. The van der Waals surface area contributed by atoms with Crippen molar-refractivity contribution in [1.82, 2.24) is 4.90 Å². The molecule has 0 saturated heterocycles. The molecule has 0 aromatic heterocycles. The van der Waals surface area contributed by atoms with Crippen molar-refractivity contribution in [1.29, 1.82) is 0 Å². The first kappa shape index (κ1) is 8.11. The second-order valence-corrected chi connectivity index (χ2v) is 3.02. The van der Waals surface area contributed by atoms with Crippen molar-refractivity contribution in [2.75, 3.05) is 13.1 Å². The lowest BCUT2D eigenvalue weighted by Gasteiger charge is -2.23. The number of allylic oxidation sites excluding steroid dienone is 1. The standard InChI is InChI=1S/C8H14N2O/c1-7-3-2-4-10(5-7)6-8(9)11/h5H,2-4,6H2,1H3,(H2,9,11). The third-order valence-corrected chi connectivity index (χ3v) is 1.78. The molecule has 1 rings (SSSR count). The summed E-state index contributed by atoms with van der Waals surface area (Å²) in [5.74, 6) is -0.254. The van der Waals surface area contributed by atoms with Crippen LogP contribution in [0.1, 0.15) is 19.8 Å². The Labute approximate surface area is 66.9 Å². The van der Waals surface area contributed by atoms with Crippen LogP contribution in [0, 0.1) is 0 Å². The maximum absolute atomic E-state index is 10.5. The number of nitrogens with zero attached hydrogens (tertiary/aromatic N) is 1. The Kier molecular flexibility index (Phi) is 2.52. The highest BCUT2D eigenvalue weighted by atomic mass is 16.1. The Morgan fingerprint density at radius 1 is 1.82 bits per heavy atom. The molecule has 1 heterocycles. The molecule has 0 unspecified atom stereocenters. The predicted molar refractivity (Wildman–Crippen MR) is 43.8 cm³/mol. The number of rotatable bonds is 2. The summed E-state index contributed by atoms with van der Waals surface area (Å²) in [5.41, 5.74) is 6.39. The van der Waals surface area contributed by atoms with E-state index in [-0.39, 0.29) is 5.91 Å². The van der Waals surface area contributed by atoms with Crippen molar-refractivity contribution >= 4 is 5.91 Å². The summed E-state index contributed by atoms with van der Waals surface area (Å²) in [5, 5.41) is 0. The van der Waals surface area contributed by atoms with Gasteiger partial charge in [-0.05, 0) is 26.0 Å². The fourth-order valence-corrected chi connectivity index (χ4v) is 1.33. The van der Waals surface area contributed by atoms with Gasteiger partial charge < -0.3 is 10.6 Å². The zero-order chi connectivity index (χ0) is 8.27. The van der Waals surface area contributed by atoms with E-state index < -0.39 is 0 Å². The maximum atomic E-state index is 10.5. The summed E-state index contributed by atoms with van der Waals surface area (Å²) < 4.78 is 0. The molecular formula is C8H14N2O. The summed E-state index contributed by atoms with van der Waals surface area (Å²) in [7, 11) is 0. The van der Waals surface area contributed by atoms with E-state index in [2.05, 4.69) is 6.92 Å². The number of amides is 1. The van der Waals surface area contributed by atoms with E-state index in [4.69, 9.17) is 5.73 Å². The molecule has 0 aromatic rings. The molecule has 11 heavy (non-hydrogen) atoms. The molecule has 3 nitrogen and oxygen atoms in total. The van der Waals surface area contributed by atoms with Gasteiger partial charge in [0.15, 0.2) is 0 Å². The van der Waals surface area contributed by atoms with Crippen LogP contribution in [-0.4, -0.2) is 23.9 Å². The Morgan fingerprint density at radius 3 is 3.09 bits per heavy atom. The largest absolute Gasteiger partial charge is 0.368 e. The third kappa shape index (κ3) is 2.62. The van der Waals surface area contributed by atoms with E-state index in [1.807, 2.05) is 11.1 Å². The quantitative estimate of drug-likeness (QED) is 0.628. The van der Waals surface area contributed by atoms with Crippen molar-refractivity contribution in [3.63, 3.8) is 0 Å². The number of carbonyl (C=O) groups is 1. The summed E-state index contributed by atoms with van der Waals surface area (Å²) in [4.78, 5) is 12.5. The van der Waals surface area contributed by atoms with Crippen molar-refractivity contribution in [2.24, 2.45) is 5.73 Å². The fourth-order valence-electron chi connectivity index (χ4n) is 1.33. The number of nitrogens with two attached hydrogens (primary N) is 1. The van der Waals surface area contributed by atoms with E-state index in [1.54, 1.807) is 0 Å². The highest BCUT2D eigenvalue weighted by molar-refractivity contribution is 5.76. The average molecular weight is 154 g/mol. The molecule has 0 spiro atoms. The van der Waals surface area contributed by atoms with Crippen LogP contribution >= 0.6 is 0 Å². The Bertz CT molecular complexity index is 187. The van der Waals surface area contributed by atoms with Gasteiger partial charge in [-0.15, -0.1) is 0 Å². The molecule has 1 amide bonds.